The normalized spacial score (nSPS) is 11.9. The smallest absolute Gasteiger partial charge is 0.407 e. The number of aromatic amines is 1. The predicted molar refractivity (Wildman–Crippen MR) is 81.2 cm³/mol. The number of esters is 1. The maximum absolute atomic E-state index is 11.7. The number of hydrogen-bond donors (Lipinski definition) is 2. The highest BCUT2D eigenvalue weighted by atomic mass is 16.6. The number of nitrogens with zero attached hydrogens (tertiary/aromatic N) is 1. The molecule has 2 N–H and O–H groups in total. The highest BCUT2D eigenvalue weighted by Crippen LogP contribution is 2.08. The Kier molecular flexibility index (Phi) is 6.62. The highest BCUT2D eigenvalue weighted by Gasteiger charge is 2.15. The van der Waals surface area contributed by atoms with E-state index in [1.807, 2.05) is 0 Å². The maximum Gasteiger partial charge on any atom is 0.407 e. The van der Waals surface area contributed by atoms with Crippen LogP contribution in [0.25, 0.3) is 0 Å². The van der Waals surface area contributed by atoms with Crippen LogP contribution < -0.4 is 5.32 Å². The lowest BCUT2D eigenvalue weighted by atomic mass is 10.1. The third-order valence-corrected chi connectivity index (χ3v) is 2.59. The first-order valence-electron chi connectivity index (χ1n) is 7.03. The number of amides is 1. The van der Waals surface area contributed by atoms with Crippen molar-refractivity contribution in [1.82, 2.24) is 15.3 Å². The molecule has 122 valence electrons. The summed E-state index contributed by atoms with van der Waals surface area (Å²) in [7, 11) is 1.34. The second-order valence-electron chi connectivity index (χ2n) is 5.69. The second kappa shape index (κ2) is 8.21. The van der Waals surface area contributed by atoms with Gasteiger partial charge in [-0.3, -0.25) is 0 Å². The number of hydrogen-bond acceptors (Lipinski definition) is 5. The molecule has 0 aromatic carbocycles. The van der Waals surface area contributed by atoms with Gasteiger partial charge in [0, 0.05) is 30.4 Å². The van der Waals surface area contributed by atoms with E-state index in [4.69, 9.17) is 9.47 Å². The molecule has 0 radical (unpaired) electrons. The lowest BCUT2D eigenvalue weighted by molar-refractivity contribution is -0.136. The molecule has 0 atom stereocenters. The van der Waals surface area contributed by atoms with Crippen LogP contribution in [0.5, 0.6) is 0 Å². The molecule has 0 aliphatic rings. The maximum atomic E-state index is 11.7. The topological polar surface area (TPSA) is 93.3 Å². The van der Waals surface area contributed by atoms with E-state index in [9.17, 15) is 9.59 Å². The summed E-state index contributed by atoms with van der Waals surface area (Å²) in [6.45, 7) is 5.77. The van der Waals surface area contributed by atoms with Gasteiger partial charge in [0.2, 0.25) is 0 Å². The van der Waals surface area contributed by atoms with E-state index >= 15 is 0 Å². The van der Waals surface area contributed by atoms with Crippen LogP contribution >= 0.6 is 0 Å². The van der Waals surface area contributed by atoms with E-state index in [-0.39, 0.29) is 0 Å². The Morgan fingerprint density at radius 1 is 1.41 bits per heavy atom. The number of H-pyrrole nitrogens is 1. The Hall–Kier alpha value is -2.31. The van der Waals surface area contributed by atoms with Gasteiger partial charge in [-0.1, -0.05) is 6.08 Å². The average molecular weight is 309 g/mol. The fourth-order valence-corrected chi connectivity index (χ4v) is 1.68. The molecule has 1 aromatic rings. The first-order valence-corrected chi connectivity index (χ1v) is 7.03. The summed E-state index contributed by atoms with van der Waals surface area (Å²) < 4.78 is 9.87. The Morgan fingerprint density at radius 2 is 2.14 bits per heavy atom. The predicted octanol–water partition coefficient (Wildman–Crippen LogP) is 1.97. The SMILES string of the molecule is COC(=O)/C(=C/CCNC(=O)OC(C)(C)C)Cc1cnc[nH]1. The lowest BCUT2D eigenvalue weighted by Crippen LogP contribution is -2.32. The summed E-state index contributed by atoms with van der Waals surface area (Å²) in [5.74, 6) is -0.396. The molecule has 1 aromatic heterocycles. The zero-order valence-electron chi connectivity index (χ0n) is 13.4. The van der Waals surface area contributed by atoms with Gasteiger partial charge in [0.1, 0.15) is 5.60 Å². The van der Waals surface area contributed by atoms with Gasteiger partial charge in [-0.05, 0) is 27.2 Å². The molecule has 22 heavy (non-hydrogen) atoms. The number of carbonyl (C=O) groups excluding carboxylic acids is 2. The van der Waals surface area contributed by atoms with Gasteiger partial charge in [0.15, 0.2) is 0 Å². The molecule has 0 saturated heterocycles. The van der Waals surface area contributed by atoms with Crippen molar-refractivity contribution in [2.75, 3.05) is 13.7 Å². The van der Waals surface area contributed by atoms with Gasteiger partial charge in [-0.15, -0.1) is 0 Å². The van der Waals surface area contributed by atoms with Crippen LogP contribution in [-0.2, 0) is 20.7 Å². The quantitative estimate of drug-likeness (QED) is 0.476. The van der Waals surface area contributed by atoms with E-state index < -0.39 is 17.7 Å². The average Bonchev–Trinajstić information content (AvgIpc) is 2.92. The molecule has 0 saturated carbocycles. The summed E-state index contributed by atoms with van der Waals surface area (Å²) >= 11 is 0. The van der Waals surface area contributed by atoms with Crippen molar-refractivity contribution in [2.45, 2.75) is 39.2 Å². The molecule has 1 rings (SSSR count). The third-order valence-electron chi connectivity index (χ3n) is 2.59. The summed E-state index contributed by atoms with van der Waals surface area (Å²) in [6, 6.07) is 0. The van der Waals surface area contributed by atoms with Crippen molar-refractivity contribution in [3.63, 3.8) is 0 Å². The molecular formula is C15H23N3O4. The molecule has 0 aliphatic carbocycles. The zero-order valence-corrected chi connectivity index (χ0v) is 13.4. The molecule has 0 aliphatic heterocycles. The van der Waals surface area contributed by atoms with Gasteiger partial charge in [0.25, 0.3) is 0 Å². The first-order chi connectivity index (χ1) is 10.3. The van der Waals surface area contributed by atoms with Crippen molar-refractivity contribution in [1.29, 1.82) is 0 Å². The first kappa shape index (κ1) is 17.7. The number of methoxy groups -OCH3 is 1. The number of ether oxygens (including phenoxy) is 2. The molecule has 1 heterocycles. The minimum absolute atomic E-state index is 0.373. The fourth-order valence-electron chi connectivity index (χ4n) is 1.68. The van der Waals surface area contributed by atoms with Crippen LogP contribution in [0.3, 0.4) is 0 Å². The van der Waals surface area contributed by atoms with Crippen LogP contribution in [0.15, 0.2) is 24.2 Å². The van der Waals surface area contributed by atoms with Crippen molar-refractivity contribution >= 4 is 12.1 Å². The van der Waals surface area contributed by atoms with E-state index in [0.717, 1.165) is 5.69 Å². The largest absolute Gasteiger partial charge is 0.466 e. The third kappa shape index (κ3) is 6.92. The summed E-state index contributed by atoms with van der Waals surface area (Å²) in [6.07, 6.45) is 5.36. The summed E-state index contributed by atoms with van der Waals surface area (Å²) in [5.41, 5.74) is 0.798. The van der Waals surface area contributed by atoms with Crippen LogP contribution in [0.4, 0.5) is 4.79 Å². The minimum atomic E-state index is -0.530. The number of rotatable bonds is 6. The van der Waals surface area contributed by atoms with Gasteiger partial charge >= 0.3 is 12.1 Å². The number of alkyl carbamates (subject to hydrolysis) is 1. The molecule has 0 spiro atoms. The lowest BCUT2D eigenvalue weighted by Gasteiger charge is -2.19. The Morgan fingerprint density at radius 3 is 2.68 bits per heavy atom. The van der Waals surface area contributed by atoms with E-state index in [0.29, 0.717) is 25.0 Å². The van der Waals surface area contributed by atoms with E-state index in [1.165, 1.54) is 7.11 Å². The summed E-state index contributed by atoms with van der Waals surface area (Å²) in [4.78, 5) is 30.0. The van der Waals surface area contributed by atoms with Gasteiger partial charge in [-0.25, -0.2) is 14.6 Å². The molecule has 0 bridgehead atoms. The van der Waals surface area contributed by atoms with Crippen LogP contribution in [-0.4, -0.2) is 41.3 Å². The molecule has 7 nitrogen and oxygen atoms in total. The second-order valence-corrected chi connectivity index (χ2v) is 5.69. The number of imidazole rings is 1. The minimum Gasteiger partial charge on any atom is -0.466 e. The Labute approximate surface area is 130 Å². The van der Waals surface area contributed by atoms with E-state index in [1.54, 1.807) is 39.4 Å². The molecule has 0 unspecified atom stereocenters. The van der Waals surface area contributed by atoms with Gasteiger partial charge in [-0.2, -0.15) is 0 Å². The van der Waals surface area contributed by atoms with E-state index in [2.05, 4.69) is 15.3 Å². The monoisotopic (exact) mass is 309 g/mol. The molecular weight excluding hydrogens is 286 g/mol. The Balaban J connectivity index is 2.48. The van der Waals surface area contributed by atoms with Crippen molar-refractivity contribution in [3.8, 4) is 0 Å². The van der Waals surface area contributed by atoms with Crippen molar-refractivity contribution in [2.24, 2.45) is 0 Å². The van der Waals surface area contributed by atoms with Crippen LogP contribution in [0.1, 0.15) is 32.9 Å². The molecule has 7 heteroatoms. The van der Waals surface area contributed by atoms with Crippen LogP contribution in [0.2, 0.25) is 0 Å². The molecule has 1 amide bonds. The molecule has 0 fully saturated rings. The zero-order chi connectivity index (χ0) is 16.6. The van der Waals surface area contributed by atoms with Crippen molar-refractivity contribution in [3.05, 3.63) is 29.9 Å². The summed E-state index contributed by atoms with van der Waals surface area (Å²) in [5, 5.41) is 2.63. The highest BCUT2D eigenvalue weighted by molar-refractivity contribution is 5.88. The fraction of sp³-hybridized carbons (Fsp3) is 0.533. The van der Waals surface area contributed by atoms with Crippen molar-refractivity contribution < 1.29 is 19.1 Å². The number of carbonyl (C=O) groups is 2. The van der Waals surface area contributed by atoms with Gasteiger partial charge < -0.3 is 19.8 Å². The van der Waals surface area contributed by atoms with Crippen LogP contribution in [0, 0.1) is 0 Å². The van der Waals surface area contributed by atoms with Gasteiger partial charge in [0.05, 0.1) is 13.4 Å². The standard InChI is InChI=1S/C15H23N3O4/c1-15(2,3)22-14(20)17-7-5-6-11(13(19)21-4)8-12-9-16-10-18-12/h6,9-10H,5,7-8H2,1-4H3,(H,16,18)(H,17,20)/b11-6+. The Bertz CT molecular complexity index is 515. The number of aromatic nitrogens is 2. The number of nitrogens with one attached hydrogen (secondary N) is 2.